The van der Waals surface area contributed by atoms with Crippen LogP contribution < -0.4 is 10.6 Å². The number of nitrogens with one attached hydrogen (secondary N) is 2. The van der Waals surface area contributed by atoms with Gasteiger partial charge >= 0.3 is 0 Å². The number of benzene rings is 2. The van der Waals surface area contributed by atoms with Crippen LogP contribution in [0.15, 0.2) is 42.5 Å². The Kier molecular flexibility index (Phi) is 6.30. The number of para-hydroxylation sites is 1. The molecule has 0 aliphatic carbocycles. The van der Waals surface area contributed by atoms with Crippen LogP contribution in [0.4, 0.5) is 11.4 Å². The van der Waals surface area contributed by atoms with Gasteiger partial charge in [-0.05, 0) is 30.2 Å². The van der Waals surface area contributed by atoms with Crippen molar-refractivity contribution in [2.45, 2.75) is 13.8 Å². The van der Waals surface area contributed by atoms with Gasteiger partial charge in [-0.2, -0.15) is 0 Å². The van der Waals surface area contributed by atoms with Crippen LogP contribution in [0.2, 0.25) is 5.02 Å². The third-order valence-corrected chi connectivity index (χ3v) is 3.73. The lowest BCUT2D eigenvalue weighted by Crippen LogP contribution is -2.28. The Morgan fingerprint density at radius 2 is 1.81 bits per heavy atom. The summed E-state index contributed by atoms with van der Waals surface area (Å²) in [6.07, 6.45) is 0. The maximum absolute atomic E-state index is 12.5. The maximum atomic E-state index is 12.5. The van der Waals surface area contributed by atoms with Gasteiger partial charge < -0.3 is 10.6 Å². The zero-order chi connectivity index (χ0) is 19.3. The van der Waals surface area contributed by atoms with Crippen LogP contribution in [0, 0.1) is 16.0 Å². The van der Waals surface area contributed by atoms with Crippen molar-refractivity contribution in [3.05, 3.63) is 68.7 Å². The van der Waals surface area contributed by atoms with Gasteiger partial charge in [0.15, 0.2) is 0 Å². The van der Waals surface area contributed by atoms with Crippen LogP contribution in [0.1, 0.15) is 34.6 Å². The first-order chi connectivity index (χ1) is 12.3. The van der Waals surface area contributed by atoms with Crippen LogP contribution >= 0.6 is 11.6 Å². The summed E-state index contributed by atoms with van der Waals surface area (Å²) in [5.74, 6) is -0.755. The van der Waals surface area contributed by atoms with Gasteiger partial charge in [0, 0.05) is 17.6 Å². The van der Waals surface area contributed by atoms with Gasteiger partial charge in [0.25, 0.3) is 17.5 Å². The van der Waals surface area contributed by atoms with Gasteiger partial charge in [0.05, 0.1) is 16.2 Å². The second kappa shape index (κ2) is 8.44. The molecule has 2 rings (SSSR count). The fraction of sp³-hybridized carbons (Fsp3) is 0.222. The molecule has 2 amide bonds. The largest absolute Gasteiger partial charge is 0.352 e. The Labute approximate surface area is 155 Å². The summed E-state index contributed by atoms with van der Waals surface area (Å²) in [5.41, 5.74) is -0.00495. The number of halogens is 1. The van der Waals surface area contributed by atoms with Gasteiger partial charge in [0.1, 0.15) is 5.56 Å². The van der Waals surface area contributed by atoms with Crippen molar-refractivity contribution < 1.29 is 14.5 Å². The first-order valence-electron chi connectivity index (χ1n) is 7.92. The van der Waals surface area contributed by atoms with Gasteiger partial charge in [-0.3, -0.25) is 19.7 Å². The second-order valence-corrected chi connectivity index (χ2v) is 6.46. The minimum absolute atomic E-state index is 0.142. The lowest BCUT2D eigenvalue weighted by Gasteiger charge is -2.12. The number of hydrogen-bond donors (Lipinski definition) is 2. The lowest BCUT2D eigenvalue weighted by atomic mass is 10.1. The van der Waals surface area contributed by atoms with E-state index in [4.69, 9.17) is 11.6 Å². The van der Waals surface area contributed by atoms with Crippen molar-refractivity contribution in [1.82, 2.24) is 5.32 Å². The molecule has 0 aromatic heterocycles. The zero-order valence-corrected chi connectivity index (χ0v) is 15.0. The predicted octanol–water partition coefficient (Wildman–Crippen LogP) is 3.89. The molecule has 2 aromatic rings. The molecule has 0 saturated carbocycles. The van der Waals surface area contributed by atoms with Crippen LogP contribution in [-0.4, -0.2) is 23.3 Å². The molecule has 8 heteroatoms. The molecule has 0 fully saturated rings. The first kappa shape index (κ1) is 19.4. The lowest BCUT2D eigenvalue weighted by molar-refractivity contribution is -0.385. The summed E-state index contributed by atoms with van der Waals surface area (Å²) in [6, 6.07) is 10.2. The Hall–Kier alpha value is -2.93. The smallest absolute Gasteiger partial charge is 0.283 e. The molecular formula is C18H18ClN3O4. The van der Waals surface area contributed by atoms with Crippen LogP contribution in [0.3, 0.4) is 0 Å². The third kappa shape index (κ3) is 4.80. The van der Waals surface area contributed by atoms with E-state index in [1.807, 2.05) is 13.8 Å². The standard InChI is InChI=1S/C18H18ClN3O4/c1-11(2)10-20-17(23)13-5-3-4-6-15(13)21-18(24)14-8-7-12(19)9-16(14)22(25)26/h3-9,11H,10H2,1-2H3,(H,20,23)(H,21,24). The third-order valence-electron chi connectivity index (χ3n) is 3.49. The van der Waals surface area contributed by atoms with E-state index in [1.165, 1.54) is 12.1 Å². The molecule has 0 aliphatic rings. The van der Waals surface area contributed by atoms with Gasteiger partial charge in [0.2, 0.25) is 0 Å². The Morgan fingerprint density at radius 3 is 2.46 bits per heavy atom. The van der Waals surface area contributed by atoms with Crippen molar-refractivity contribution in [2.75, 3.05) is 11.9 Å². The molecule has 136 valence electrons. The molecule has 0 heterocycles. The Bertz CT molecular complexity index is 852. The summed E-state index contributed by atoms with van der Waals surface area (Å²) in [4.78, 5) is 35.3. The van der Waals surface area contributed by atoms with Gasteiger partial charge in [-0.25, -0.2) is 0 Å². The van der Waals surface area contributed by atoms with Crippen molar-refractivity contribution in [3.63, 3.8) is 0 Å². The van der Waals surface area contributed by atoms with E-state index in [1.54, 1.807) is 24.3 Å². The van der Waals surface area contributed by atoms with Crippen molar-refractivity contribution in [2.24, 2.45) is 5.92 Å². The SMILES string of the molecule is CC(C)CNC(=O)c1ccccc1NC(=O)c1ccc(Cl)cc1[N+](=O)[O-]. The number of amides is 2. The second-order valence-electron chi connectivity index (χ2n) is 6.02. The number of anilines is 1. The minimum Gasteiger partial charge on any atom is -0.352 e. The minimum atomic E-state index is -0.697. The molecule has 0 atom stereocenters. The average molecular weight is 376 g/mol. The molecule has 2 N–H and O–H groups in total. The van der Waals surface area contributed by atoms with Crippen molar-refractivity contribution in [3.8, 4) is 0 Å². The normalized spacial score (nSPS) is 10.5. The van der Waals surface area contributed by atoms with E-state index in [0.29, 0.717) is 6.54 Å². The molecule has 26 heavy (non-hydrogen) atoms. The summed E-state index contributed by atoms with van der Waals surface area (Å²) < 4.78 is 0. The van der Waals surface area contributed by atoms with E-state index in [-0.39, 0.29) is 33.7 Å². The highest BCUT2D eigenvalue weighted by molar-refractivity contribution is 6.31. The molecular weight excluding hydrogens is 358 g/mol. The highest BCUT2D eigenvalue weighted by Gasteiger charge is 2.22. The van der Waals surface area contributed by atoms with Crippen molar-refractivity contribution >= 4 is 34.8 Å². The Balaban J connectivity index is 2.28. The molecule has 0 unspecified atom stereocenters. The average Bonchev–Trinajstić information content (AvgIpc) is 2.59. The van der Waals surface area contributed by atoms with Gasteiger partial charge in [-0.1, -0.05) is 37.6 Å². The topological polar surface area (TPSA) is 101 Å². The molecule has 2 aromatic carbocycles. The highest BCUT2D eigenvalue weighted by atomic mass is 35.5. The van der Waals surface area contributed by atoms with Crippen LogP contribution in [0.5, 0.6) is 0 Å². The maximum Gasteiger partial charge on any atom is 0.283 e. The highest BCUT2D eigenvalue weighted by Crippen LogP contribution is 2.25. The van der Waals surface area contributed by atoms with Crippen LogP contribution in [0.25, 0.3) is 0 Å². The van der Waals surface area contributed by atoms with Crippen molar-refractivity contribution in [1.29, 1.82) is 0 Å². The number of carbonyl (C=O) groups is 2. The number of nitro benzene ring substituents is 1. The van der Waals surface area contributed by atoms with E-state index < -0.39 is 16.5 Å². The fourth-order valence-corrected chi connectivity index (χ4v) is 2.39. The monoisotopic (exact) mass is 375 g/mol. The molecule has 0 spiro atoms. The number of hydrogen-bond acceptors (Lipinski definition) is 4. The quantitative estimate of drug-likeness (QED) is 0.590. The van der Waals surface area contributed by atoms with Crippen LogP contribution in [-0.2, 0) is 0 Å². The zero-order valence-electron chi connectivity index (χ0n) is 14.3. The van der Waals surface area contributed by atoms with Gasteiger partial charge in [-0.15, -0.1) is 0 Å². The summed E-state index contributed by atoms with van der Waals surface area (Å²) >= 11 is 5.76. The number of nitrogens with zero attached hydrogens (tertiary/aromatic N) is 1. The molecule has 0 saturated heterocycles. The van der Waals surface area contributed by atoms with E-state index in [0.717, 1.165) is 6.07 Å². The van der Waals surface area contributed by atoms with E-state index in [2.05, 4.69) is 10.6 Å². The molecule has 0 bridgehead atoms. The summed E-state index contributed by atoms with van der Waals surface area (Å²) in [7, 11) is 0. The number of rotatable bonds is 6. The summed E-state index contributed by atoms with van der Waals surface area (Å²) in [5, 5.41) is 16.6. The first-order valence-corrected chi connectivity index (χ1v) is 8.30. The predicted molar refractivity (Wildman–Crippen MR) is 99.7 cm³/mol. The molecule has 0 radical (unpaired) electrons. The Morgan fingerprint density at radius 1 is 1.12 bits per heavy atom. The molecule has 7 nitrogen and oxygen atoms in total. The number of nitro groups is 1. The van der Waals surface area contributed by atoms with E-state index in [9.17, 15) is 19.7 Å². The molecule has 0 aliphatic heterocycles. The fourth-order valence-electron chi connectivity index (χ4n) is 2.22. The number of carbonyl (C=O) groups excluding carboxylic acids is 2. The van der Waals surface area contributed by atoms with E-state index >= 15 is 0 Å². The summed E-state index contributed by atoms with van der Waals surface area (Å²) in [6.45, 7) is 4.42.